The van der Waals surface area contributed by atoms with Gasteiger partial charge in [-0.25, -0.2) is 0 Å². The Bertz CT molecular complexity index is 186. The van der Waals surface area contributed by atoms with Crippen molar-refractivity contribution in [2.75, 3.05) is 6.61 Å². The predicted octanol–water partition coefficient (Wildman–Crippen LogP) is 4.36. The van der Waals surface area contributed by atoms with Crippen molar-refractivity contribution in [1.82, 2.24) is 0 Å². The molecule has 1 atom stereocenters. The van der Waals surface area contributed by atoms with Gasteiger partial charge in [0.05, 0.1) is 6.61 Å². The Morgan fingerprint density at radius 1 is 1.25 bits per heavy atom. The van der Waals surface area contributed by atoms with Gasteiger partial charge in [0.1, 0.15) is 5.25 Å². The zero-order chi connectivity index (χ0) is 12.4. The van der Waals surface area contributed by atoms with Gasteiger partial charge in [0.2, 0.25) is 0 Å². The first-order chi connectivity index (χ1) is 7.57. The molecule has 5 heteroatoms. The molecule has 0 amide bonds. The third kappa shape index (κ3) is 9.73. The van der Waals surface area contributed by atoms with E-state index in [0.29, 0.717) is 6.61 Å². The maximum absolute atomic E-state index is 11.4. The lowest BCUT2D eigenvalue weighted by Crippen LogP contribution is -2.16. The average molecular weight is 282 g/mol. The van der Waals surface area contributed by atoms with Crippen molar-refractivity contribution in [2.24, 2.45) is 5.92 Å². The van der Waals surface area contributed by atoms with Crippen molar-refractivity contribution in [2.45, 2.75) is 51.7 Å². The highest BCUT2D eigenvalue weighted by molar-refractivity contribution is 9.05. The van der Waals surface area contributed by atoms with Crippen LogP contribution in [0.1, 0.15) is 46.5 Å². The topological polar surface area (TPSA) is 26.3 Å². The van der Waals surface area contributed by atoms with Crippen LogP contribution < -0.4 is 0 Å². The summed E-state index contributed by atoms with van der Waals surface area (Å²) >= 11 is 3.98. The molecule has 96 valence electrons. The number of thiol groups is 1. The van der Waals surface area contributed by atoms with E-state index in [1.807, 2.05) is 6.92 Å². The molecule has 0 aliphatic rings. The molecule has 16 heavy (non-hydrogen) atoms. The molecule has 2 nitrogen and oxygen atoms in total. The Morgan fingerprint density at radius 2 is 1.94 bits per heavy atom. The van der Waals surface area contributed by atoms with Crippen molar-refractivity contribution in [3.8, 4) is 0 Å². The Kier molecular flexibility index (Phi) is 11.0. The van der Waals surface area contributed by atoms with Crippen LogP contribution in [-0.2, 0) is 9.53 Å². The highest BCUT2D eigenvalue weighted by Crippen LogP contribution is 2.30. The van der Waals surface area contributed by atoms with Gasteiger partial charge in [0.15, 0.2) is 0 Å². The highest BCUT2D eigenvalue weighted by Gasteiger charge is 2.14. The van der Waals surface area contributed by atoms with Gasteiger partial charge in [-0.2, -0.15) is 0 Å². The SMILES string of the molecule is CC(C)CCCCCOC(=O)C(C)SSS. The van der Waals surface area contributed by atoms with Crippen molar-refractivity contribution in [1.29, 1.82) is 0 Å². The molecule has 0 aliphatic carbocycles. The van der Waals surface area contributed by atoms with E-state index in [9.17, 15) is 4.79 Å². The van der Waals surface area contributed by atoms with Gasteiger partial charge in [-0.15, -0.1) is 0 Å². The normalized spacial score (nSPS) is 12.8. The van der Waals surface area contributed by atoms with E-state index in [1.54, 1.807) is 0 Å². The van der Waals surface area contributed by atoms with E-state index >= 15 is 0 Å². The molecule has 0 aliphatic heterocycles. The van der Waals surface area contributed by atoms with Crippen LogP contribution in [0.4, 0.5) is 0 Å². The maximum atomic E-state index is 11.4. The Hall–Kier alpha value is 0.520. The second kappa shape index (κ2) is 10.7. The summed E-state index contributed by atoms with van der Waals surface area (Å²) in [4.78, 5) is 11.4. The molecular formula is C11H22O2S3. The average Bonchev–Trinajstić information content (AvgIpc) is 2.22. The molecule has 0 spiro atoms. The predicted molar refractivity (Wildman–Crippen MR) is 77.9 cm³/mol. The number of hydrogen-bond donors (Lipinski definition) is 1. The van der Waals surface area contributed by atoms with Crippen molar-refractivity contribution < 1.29 is 9.53 Å². The molecule has 0 rings (SSSR count). The minimum atomic E-state index is -0.129. The van der Waals surface area contributed by atoms with Gasteiger partial charge in [-0.1, -0.05) is 55.6 Å². The monoisotopic (exact) mass is 282 g/mol. The summed E-state index contributed by atoms with van der Waals surface area (Å²) in [5, 5.41) is -0.127. The second-order valence-corrected chi connectivity index (χ2v) is 7.64. The van der Waals surface area contributed by atoms with Crippen molar-refractivity contribution in [3.05, 3.63) is 0 Å². The lowest BCUT2D eigenvalue weighted by molar-refractivity contribution is -0.142. The van der Waals surface area contributed by atoms with E-state index in [2.05, 4.69) is 25.5 Å². The number of hydrogen-bond acceptors (Lipinski definition) is 5. The fraction of sp³-hybridized carbons (Fsp3) is 0.909. The van der Waals surface area contributed by atoms with Crippen LogP contribution >= 0.6 is 32.3 Å². The summed E-state index contributed by atoms with van der Waals surface area (Å²) in [7, 11) is 2.72. The van der Waals surface area contributed by atoms with E-state index in [-0.39, 0.29) is 11.2 Å². The number of rotatable bonds is 9. The summed E-state index contributed by atoms with van der Waals surface area (Å²) in [5.74, 6) is 0.641. The van der Waals surface area contributed by atoms with Crippen LogP contribution in [-0.4, -0.2) is 17.8 Å². The van der Waals surface area contributed by atoms with E-state index in [4.69, 9.17) is 4.74 Å². The first kappa shape index (κ1) is 16.5. The minimum absolute atomic E-state index is 0.127. The van der Waals surface area contributed by atoms with Crippen LogP contribution in [0.2, 0.25) is 0 Å². The number of unbranched alkanes of at least 4 members (excludes halogenated alkanes) is 2. The minimum Gasteiger partial charge on any atom is -0.465 e. The van der Waals surface area contributed by atoms with E-state index < -0.39 is 0 Å². The molecule has 0 bridgehead atoms. The number of esters is 1. The molecule has 0 radical (unpaired) electrons. The van der Waals surface area contributed by atoms with Crippen LogP contribution in [0.15, 0.2) is 0 Å². The van der Waals surface area contributed by atoms with Crippen molar-refractivity contribution in [3.63, 3.8) is 0 Å². The first-order valence-electron chi connectivity index (χ1n) is 5.71. The quantitative estimate of drug-likeness (QED) is 0.294. The zero-order valence-corrected chi connectivity index (χ0v) is 12.8. The lowest BCUT2D eigenvalue weighted by Gasteiger charge is -2.09. The molecule has 0 saturated carbocycles. The Morgan fingerprint density at radius 3 is 2.50 bits per heavy atom. The second-order valence-electron chi connectivity index (χ2n) is 4.22. The third-order valence-electron chi connectivity index (χ3n) is 2.19. The molecule has 0 fully saturated rings. The summed E-state index contributed by atoms with van der Waals surface area (Å²) in [6, 6.07) is 0. The van der Waals surface area contributed by atoms with Gasteiger partial charge >= 0.3 is 5.97 Å². The summed E-state index contributed by atoms with van der Waals surface area (Å²) < 4.78 is 5.16. The van der Waals surface area contributed by atoms with Gasteiger partial charge in [0.25, 0.3) is 0 Å². The molecule has 0 aromatic heterocycles. The van der Waals surface area contributed by atoms with E-state index in [0.717, 1.165) is 18.8 Å². The van der Waals surface area contributed by atoms with Gasteiger partial charge in [-0.05, 0) is 29.1 Å². The van der Waals surface area contributed by atoms with Crippen LogP contribution in [0.25, 0.3) is 0 Å². The summed E-state index contributed by atoms with van der Waals surface area (Å²) in [6.45, 7) is 6.86. The first-order valence-corrected chi connectivity index (χ1v) is 8.98. The maximum Gasteiger partial charge on any atom is 0.319 e. The molecule has 0 aromatic carbocycles. The molecule has 0 aromatic rings. The van der Waals surface area contributed by atoms with E-state index in [1.165, 1.54) is 33.5 Å². The largest absolute Gasteiger partial charge is 0.465 e. The molecule has 0 N–H and O–H groups in total. The van der Waals surface area contributed by atoms with Crippen LogP contribution in [0.3, 0.4) is 0 Å². The number of carbonyl (C=O) groups is 1. The van der Waals surface area contributed by atoms with Crippen LogP contribution in [0.5, 0.6) is 0 Å². The molecular weight excluding hydrogens is 260 g/mol. The summed E-state index contributed by atoms with van der Waals surface area (Å²) in [5.41, 5.74) is 0. The Balaban J connectivity index is 3.34. The standard InChI is InChI=1S/C11H22O2S3/c1-9(2)7-5-4-6-8-13-11(12)10(3)15-16-14/h9-10,14H,4-8H2,1-3H3. The molecule has 0 saturated heterocycles. The van der Waals surface area contributed by atoms with Crippen LogP contribution in [0, 0.1) is 5.92 Å². The lowest BCUT2D eigenvalue weighted by atomic mass is 10.1. The van der Waals surface area contributed by atoms with Gasteiger partial charge in [0, 0.05) is 0 Å². The number of carbonyl (C=O) groups excluding carboxylic acids is 1. The number of ether oxygens (including phenoxy) is 1. The van der Waals surface area contributed by atoms with Gasteiger partial charge < -0.3 is 4.74 Å². The Labute approximate surface area is 112 Å². The molecule has 0 heterocycles. The van der Waals surface area contributed by atoms with Gasteiger partial charge in [-0.3, -0.25) is 4.79 Å². The smallest absolute Gasteiger partial charge is 0.319 e. The highest BCUT2D eigenvalue weighted by atomic mass is 33.5. The molecule has 1 unspecified atom stereocenters. The fourth-order valence-corrected chi connectivity index (χ4v) is 3.29. The van der Waals surface area contributed by atoms with Crippen molar-refractivity contribution >= 4 is 38.2 Å². The zero-order valence-electron chi connectivity index (χ0n) is 10.3. The fourth-order valence-electron chi connectivity index (χ4n) is 1.23. The third-order valence-corrected chi connectivity index (χ3v) is 4.66. The summed E-state index contributed by atoms with van der Waals surface area (Å²) in [6.07, 6.45) is 4.61.